The Balaban J connectivity index is 1.35. The summed E-state index contributed by atoms with van der Waals surface area (Å²) >= 11 is 0. The summed E-state index contributed by atoms with van der Waals surface area (Å²) < 4.78 is 16.3. The Morgan fingerprint density at radius 3 is 2.63 bits per heavy atom. The molecule has 5 rings (SSSR count). The van der Waals surface area contributed by atoms with Gasteiger partial charge in [0.1, 0.15) is 12.1 Å². The van der Waals surface area contributed by atoms with Gasteiger partial charge in [-0.15, -0.1) is 0 Å². The molecule has 1 saturated heterocycles. The fraction of sp³-hybridized carbons (Fsp3) is 0.286. The van der Waals surface area contributed by atoms with E-state index in [2.05, 4.69) is 15.3 Å². The van der Waals surface area contributed by atoms with Gasteiger partial charge in [0.2, 0.25) is 5.95 Å². The second-order valence-electron chi connectivity index (χ2n) is 9.03. The van der Waals surface area contributed by atoms with Crippen LogP contribution in [-0.2, 0) is 11.3 Å². The molecule has 0 bridgehead atoms. The van der Waals surface area contributed by atoms with Gasteiger partial charge < -0.3 is 30.2 Å². The Hall–Kier alpha value is -4.60. The zero-order valence-corrected chi connectivity index (χ0v) is 21.4. The number of amides is 1. The second kappa shape index (κ2) is 11.2. The maximum Gasteiger partial charge on any atom is 0.410 e. The number of benzene rings is 2. The molecule has 2 aromatic carbocycles. The summed E-state index contributed by atoms with van der Waals surface area (Å²) in [6.45, 7) is 1.36. The van der Waals surface area contributed by atoms with E-state index in [0.29, 0.717) is 41.4 Å². The molecule has 1 atom stereocenters. The summed E-state index contributed by atoms with van der Waals surface area (Å²) in [5.74, 6) is 1.93. The number of ether oxygens (including phenoxy) is 3. The van der Waals surface area contributed by atoms with Gasteiger partial charge >= 0.3 is 6.09 Å². The molecule has 1 unspecified atom stereocenters. The SMILES string of the molecule is COc1ccc(-c2ccc3nc(N)nc(NC4CCCN(C(=O)OCc5ccccc5)C4)c3n2)cc1OC. The summed E-state index contributed by atoms with van der Waals surface area (Å²) in [5.41, 5.74) is 9.77. The standard InChI is InChI=1S/C28H30N6O4/c1-36-23-13-10-19(15-24(23)37-2)21-11-12-22-25(31-21)26(33-27(29)32-22)30-20-9-6-14-34(16-20)28(35)38-17-18-7-4-3-5-8-18/h3-5,7-8,10-13,15,20H,6,9,14,16-17H2,1-2H3,(H3,29,30,32,33). The number of piperidine rings is 1. The minimum Gasteiger partial charge on any atom is -0.493 e. The van der Waals surface area contributed by atoms with Crippen LogP contribution in [0.15, 0.2) is 60.7 Å². The Labute approximate surface area is 220 Å². The normalized spacial score (nSPS) is 15.2. The average molecular weight is 515 g/mol. The van der Waals surface area contributed by atoms with Gasteiger partial charge in [-0.05, 0) is 48.7 Å². The van der Waals surface area contributed by atoms with Gasteiger partial charge in [-0.1, -0.05) is 30.3 Å². The van der Waals surface area contributed by atoms with Crippen molar-refractivity contribution in [3.63, 3.8) is 0 Å². The summed E-state index contributed by atoms with van der Waals surface area (Å²) in [5, 5.41) is 3.46. The van der Waals surface area contributed by atoms with Crippen molar-refractivity contribution < 1.29 is 19.0 Å². The first-order valence-corrected chi connectivity index (χ1v) is 12.4. The molecule has 1 fully saturated rings. The van der Waals surface area contributed by atoms with Crippen molar-refractivity contribution in [1.29, 1.82) is 0 Å². The molecule has 1 aliphatic rings. The number of anilines is 2. The van der Waals surface area contributed by atoms with Crippen molar-refractivity contribution in [2.24, 2.45) is 0 Å². The first-order chi connectivity index (χ1) is 18.5. The number of nitrogens with two attached hydrogens (primary N) is 1. The van der Waals surface area contributed by atoms with Crippen LogP contribution in [0.25, 0.3) is 22.3 Å². The highest BCUT2D eigenvalue weighted by molar-refractivity contribution is 5.88. The number of carbonyl (C=O) groups is 1. The van der Waals surface area contributed by atoms with E-state index in [0.717, 1.165) is 29.7 Å². The Bertz CT molecular complexity index is 1430. The molecule has 0 saturated carbocycles. The van der Waals surface area contributed by atoms with Crippen molar-refractivity contribution in [2.45, 2.75) is 25.5 Å². The first kappa shape index (κ1) is 25.1. The number of carbonyl (C=O) groups excluding carboxylic acids is 1. The maximum atomic E-state index is 12.7. The predicted molar refractivity (Wildman–Crippen MR) is 145 cm³/mol. The van der Waals surface area contributed by atoms with Gasteiger partial charge in [-0.2, -0.15) is 4.98 Å². The average Bonchev–Trinajstić information content (AvgIpc) is 2.96. The fourth-order valence-corrected chi connectivity index (χ4v) is 4.55. The van der Waals surface area contributed by atoms with Crippen LogP contribution in [0.3, 0.4) is 0 Å². The number of methoxy groups -OCH3 is 2. The van der Waals surface area contributed by atoms with E-state index >= 15 is 0 Å². The van der Waals surface area contributed by atoms with E-state index in [1.807, 2.05) is 60.7 Å². The number of nitrogen functional groups attached to an aromatic ring is 1. The molecule has 0 radical (unpaired) electrons. The smallest absolute Gasteiger partial charge is 0.410 e. The summed E-state index contributed by atoms with van der Waals surface area (Å²) in [7, 11) is 3.19. The van der Waals surface area contributed by atoms with E-state index in [1.54, 1.807) is 19.1 Å². The van der Waals surface area contributed by atoms with Gasteiger partial charge in [-0.25, -0.2) is 14.8 Å². The van der Waals surface area contributed by atoms with Gasteiger partial charge in [-0.3, -0.25) is 0 Å². The molecule has 3 N–H and O–H groups in total. The zero-order chi connectivity index (χ0) is 26.5. The topological polar surface area (TPSA) is 125 Å². The lowest BCUT2D eigenvalue weighted by molar-refractivity contribution is 0.0874. The predicted octanol–water partition coefficient (Wildman–Crippen LogP) is 4.50. The number of hydrogen-bond donors (Lipinski definition) is 2. The van der Waals surface area contributed by atoms with Crippen LogP contribution >= 0.6 is 0 Å². The number of hydrogen-bond acceptors (Lipinski definition) is 9. The third-order valence-corrected chi connectivity index (χ3v) is 6.46. The van der Waals surface area contributed by atoms with Crippen LogP contribution in [0.1, 0.15) is 18.4 Å². The zero-order valence-electron chi connectivity index (χ0n) is 21.4. The molecule has 4 aromatic rings. The minimum absolute atomic E-state index is 0.0444. The minimum atomic E-state index is -0.332. The Morgan fingerprint density at radius 2 is 1.84 bits per heavy atom. The Kier molecular flexibility index (Phi) is 7.39. The molecule has 10 heteroatoms. The van der Waals surface area contributed by atoms with Gasteiger partial charge in [0.15, 0.2) is 17.3 Å². The lowest BCUT2D eigenvalue weighted by atomic mass is 10.1. The van der Waals surface area contributed by atoms with E-state index < -0.39 is 0 Å². The number of nitrogens with zero attached hydrogens (tertiary/aromatic N) is 4. The van der Waals surface area contributed by atoms with Crippen molar-refractivity contribution in [2.75, 3.05) is 38.4 Å². The molecule has 1 aliphatic heterocycles. The monoisotopic (exact) mass is 514 g/mol. The van der Waals surface area contributed by atoms with E-state index in [9.17, 15) is 4.79 Å². The number of rotatable bonds is 7. The third-order valence-electron chi connectivity index (χ3n) is 6.46. The summed E-state index contributed by atoms with van der Waals surface area (Å²) in [6, 6.07) is 19.0. The van der Waals surface area contributed by atoms with Crippen molar-refractivity contribution in [1.82, 2.24) is 19.9 Å². The van der Waals surface area contributed by atoms with Crippen molar-refractivity contribution >= 4 is 28.9 Å². The molecule has 0 spiro atoms. The largest absolute Gasteiger partial charge is 0.493 e. The number of fused-ring (bicyclic) bond motifs is 1. The highest BCUT2D eigenvalue weighted by Crippen LogP contribution is 2.33. The molecule has 10 nitrogen and oxygen atoms in total. The van der Waals surface area contributed by atoms with E-state index in [1.165, 1.54) is 0 Å². The molecule has 196 valence electrons. The lowest BCUT2D eigenvalue weighted by Crippen LogP contribution is -2.45. The van der Waals surface area contributed by atoms with Crippen LogP contribution in [-0.4, -0.2) is 59.3 Å². The van der Waals surface area contributed by atoms with E-state index in [-0.39, 0.29) is 24.7 Å². The van der Waals surface area contributed by atoms with E-state index in [4.69, 9.17) is 24.9 Å². The van der Waals surface area contributed by atoms with Gasteiger partial charge in [0, 0.05) is 24.7 Å². The van der Waals surface area contributed by atoms with Gasteiger partial charge in [0.25, 0.3) is 0 Å². The molecular weight excluding hydrogens is 484 g/mol. The first-order valence-electron chi connectivity index (χ1n) is 12.4. The van der Waals surface area contributed by atoms with Crippen LogP contribution in [0.4, 0.5) is 16.6 Å². The third kappa shape index (κ3) is 5.54. The number of aromatic nitrogens is 3. The van der Waals surface area contributed by atoms with Crippen LogP contribution in [0, 0.1) is 0 Å². The molecule has 0 aliphatic carbocycles. The second-order valence-corrected chi connectivity index (χ2v) is 9.03. The van der Waals surface area contributed by atoms with Crippen molar-refractivity contribution in [3.8, 4) is 22.8 Å². The molecule has 1 amide bonds. The molecule has 2 aromatic heterocycles. The molecular formula is C28H30N6O4. The van der Waals surface area contributed by atoms with Crippen molar-refractivity contribution in [3.05, 3.63) is 66.2 Å². The number of likely N-dealkylation sites (tertiary alicyclic amines) is 1. The van der Waals surface area contributed by atoms with Crippen LogP contribution in [0.5, 0.6) is 11.5 Å². The van der Waals surface area contributed by atoms with Crippen LogP contribution in [0.2, 0.25) is 0 Å². The number of nitrogens with one attached hydrogen (secondary N) is 1. The highest BCUT2D eigenvalue weighted by atomic mass is 16.6. The van der Waals surface area contributed by atoms with Crippen LogP contribution < -0.4 is 20.5 Å². The maximum absolute atomic E-state index is 12.7. The Morgan fingerprint density at radius 1 is 1.03 bits per heavy atom. The lowest BCUT2D eigenvalue weighted by Gasteiger charge is -2.32. The number of pyridine rings is 1. The molecule has 38 heavy (non-hydrogen) atoms. The summed E-state index contributed by atoms with van der Waals surface area (Å²) in [4.78, 5) is 28.1. The molecule has 3 heterocycles. The fourth-order valence-electron chi connectivity index (χ4n) is 4.55. The quantitative estimate of drug-likeness (QED) is 0.367. The summed E-state index contributed by atoms with van der Waals surface area (Å²) in [6.07, 6.45) is 1.37. The highest BCUT2D eigenvalue weighted by Gasteiger charge is 2.26. The van der Waals surface area contributed by atoms with Gasteiger partial charge in [0.05, 0.1) is 25.4 Å².